The maximum absolute atomic E-state index is 13.2. The van der Waals surface area contributed by atoms with Crippen LogP contribution in [0.3, 0.4) is 0 Å². The van der Waals surface area contributed by atoms with Crippen LogP contribution < -0.4 is 10.6 Å². The van der Waals surface area contributed by atoms with Gasteiger partial charge >= 0.3 is 6.18 Å². The molecule has 0 spiro atoms. The normalized spacial score (nSPS) is 13.2. The fourth-order valence-electron chi connectivity index (χ4n) is 2.77. The molecular formula is C18H25F4IN6. The van der Waals surface area contributed by atoms with Gasteiger partial charge in [0.25, 0.3) is 0 Å². The SMILES string of the molecule is CN=C(NCc1ccc(F)cc1C(F)(F)F)NCC(c1cnn(C)c1)N(C)C.I. The molecule has 0 radical (unpaired) electrons. The second kappa shape index (κ2) is 10.8. The molecule has 1 aromatic heterocycles. The second-order valence-electron chi connectivity index (χ2n) is 6.53. The molecule has 0 aliphatic heterocycles. The van der Waals surface area contributed by atoms with Gasteiger partial charge in [-0.05, 0) is 31.8 Å². The third-order valence-corrected chi connectivity index (χ3v) is 4.24. The molecule has 2 rings (SSSR count). The molecule has 29 heavy (non-hydrogen) atoms. The monoisotopic (exact) mass is 528 g/mol. The lowest BCUT2D eigenvalue weighted by molar-refractivity contribution is -0.138. The summed E-state index contributed by atoms with van der Waals surface area (Å²) in [6.07, 6.45) is -0.973. The average molecular weight is 528 g/mol. The van der Waals surface area contributed by atoms with Crippen molar-refractivity contribution < 1.29 is 17.6 Å². The number of nitrogens with zero attached hydrogens (tertiary/aromatic N) is 4. The molecule has 1 heterocycles. The van der Waals surface area contributed by atoms with Crippen molar-refractivity contribution in [3.8, 4) is 0 Å². The Morgan fingerprint density at radius 2 is 1.97 bits per heavy atom. The zero-order chi connectivity index (χ0) is 20.9. The smallest absolute Gasteiger partial charge is 0.354 e. The quantitative estimate of drug-likeness (QED) is 0.262. The van der Waals surface area contributed by atoms with Crippen LogP contribution in [0, 0.1) is 5.82 Å². The van der Waals surface area contributed by atoms with Crippen LogP contribution in [-0.4, -0.2) is 48.3 Å². The predicted octanol–water partition coefficient (Wildman–Crippen LogP) is 3.16. The van der Waals surface area contributed by atoms with E-state index in [4.69, 9.17) is 0 Å². The van der Waals surface area contributed by atoms with E-state index in [2.05, 4.69) is 20.7 Å². The molecule has 2 aromatic rings. The number of alkyl halides is 3. The van der Waals surface area contributed by atoms with Gasteiger partial charge in [0, 0.05) is 38.9 Å². The number of benzene rings is 1. The molecule has 1 aromatic carbocycles. The number of aryl methyl sites for hydroxylation is 1. The Morgan fingerprint density at radius 3 is 2.48 bits per heavy atom. The van der Waals surface area contributed by atoms with Crippen LogP contribution in [0.2, 0.25) is 0 Å². The Bertz CT molecular complexity index is 819. The first kappa shape index (κ1) is 25.1. The molecule has 0 saturated heterocycles. The van der Waals surface area contributed by atoms with Crippen LogP contribution >= 0.6 is 24.0 Å². The summed E-state index contributed by atoms with van der Waals surface area (Å²) in [7, 11) is 7.19. The number of hydrogen-bond donors (Lipinski definition) is 2. The first-order valence-electron chi connectivity index (χ1n) is 8.57. The topological polar surface area (TPSA) is 57.5 Å². The van der Waals surface area contributed by atoms with Crippen LogP contribution in [0.15, 0.2) is 35.6 Å². The lowest BCUT2D eigenvalue weighted by atomic mass is 10.1. The Balaban J connectivity index is 0.00000420. The first-order valence-corrected chi connectivity index (χ1v) is 8.57. The molecule has 11 heteroatoms. The van der Waals surface area contributed by atoms with Gasteiger partial charge in [0.1, 0.15) is 5.82 Å². The van der Waals surface area contributed by atoms with Gasteiger partial charge in [-0.25, -0.2) is 4.39 Å². The number of guanidine groups is 1. The molecule has 0 fully saturated rings. The molecule has 1 unspecified atom stereocenters. The maximum Gasteiger partial charge on any atom is 0.416 e. The Kier molecular flexibility index (Phi) is 9.33. The Labute approximate surface area is 184 Å². The van der Waals surface area contributed by atoms with Crippen molar-refractivity contribution in [3.05, 3.63) is 53.1 Å². The third-order valence-electron chi connectivity index (χ3n) is 4.24. The maximum atomic E-state index is 13.2. The molecule has 1 atom stereocenters. The molecular weight excluding hydrogens is 503 g/mol. The molecule has 6 nitrogen and oxygen atoms in total. The molecule has 2 N–H and O–H groups in total. The van der Waals surface area contributed by atoms with Crippen LogP contribution in [-0.2, 0) is 19.8 Å². The van der Waals surface area contributed by atoms with Crippen molar-refractivity contribution in [2.45, 2.75) is 18.8 Å². The van der Waals surface area contributed by atoms with E-state index in [-0.39, 0.29) is 42.1 Å². The number of hydrogen-bond acceptors (Lipinski definition) is 3. The minimum absolute atomic E-state index is 0. The lowest BCUT2D eigenvalue weighted by Crippen LogP contribution is -2.41. The van der Waals surface area contributed by atoms with Gasteiger partial charge in [-0.2, -0.15) is 18.3 Å². The van der Waals surface area contributed by atoms with Gasteiger partial charge in [-0.15, -0.1) is 24.0 Å². The van der Waals surface area contributed by atoms with E-state index in [1.54, 1.807) is 10.9 Å². The number of likely N-dealkylation sites (N-methyl/N-ethyl adjacent to an activating group) is 1. The van der Waals surface area contributed by atoms with E-state index in [1.165, 1.54) is 7.05 Å². The zero-order valence-electron chi connectivity index (χ0n) is 16.6. The minimum atomic E-state index is -4.63. The van der Waals surface area contributed by atoms with Crippen molar-refractivity contribution >= 4 is 29.9 Å². The summed E-state index contributed by atoms with van der Waals surface area (Å²) in [6.45, 7) is 0.322. The number of rotatable bonds is 6. The zero-order valence-corrected chi connectivity index (χ0v) is 18.9. The van der Waals surface area contributed by atoms with Crippen molar-refractivity contribution in [2.24, 2.45) is 12.0 Å². The molecule has 0 bridgehead atoms. The van der Waals surface area contributed by atoms with Gasteiger partial charge in [0.2, 0.25) is 0 Å². The predicted molar refractivity (Wildman–Crippen MR) is 115 cm³/mol. The number of aliphatic imine (C=N–C) groups is 1. The van der Waals surface area contributed by atoms with Crippen molar-refractivity contribution in [1.82, 2.24) is 25.3 Å². The standard InChI is InChI=1S/C18H24F4N6.HI/c1-23-17(25-10-16(27(2)3)13-9-26-28(4)11-13)24-8-12-5-6-14(19)7-15(12)18(20,21)22;/h5-7,9,11,16H,8,10H2,1-4H3,(H2,23,24,25);1H. The van der Waals surface area contributed by atoms with E-state index in [0.29, 0.717) is 18.6 Å². The lowest BCUT2D eigenvalue weighted by Gasteiger charge is -2.24. The molecule has 0 aliphatic carbocycles. The summed E-state index contributed by atoms with van der Waals surface area (Å²) in [5.74, 6) is -0.586. The number of aromatic nitrogens is 2. The first-order chi connectivity index (χ1) is 13.1. The van der Waals surface area contributed by atoms with Gasteiger partial charge in [0.05, 0.1) is 17.8 Å². The third kappa shape index (κ3) is 7.14. The summed E-state index contributed by atoms with van der Waals surface area (Å²) in [5.41, 5.74) is -0.0707. The fraction of sp³-hybridized carbons (Fsp3) is 0.444. The number of nitrogens with one attached hydrogen (secondary N) is 2. The van der Waals surface area contributed by atoms with E-state index >= 15 is 0 Å². The Morgan fingerprint density at radius 1 is 1.28 bits per heavy atom. The molecule has 162 valence electrons. The van der Waals surface area contributed by atoms with Gasteiger partial charge < -0.3 is 15.5 Å². The van der Waals surface area contributed by atoms with Crippen molar-refractivity contribution in [2.75, 3.05) is 27.7 Å². The summed E-state index contributed by atoms with van der Waals surface area (Å²) >= 11 is 0. The summed E-state index contributed by atoms with van der Waals surface area (Å²) in [4.78, 5) is 6.04. The van der Waals surface area contributed by atoms with Crippen LogP contribution in [0.4, 0.5) is 17.6 Å². The van der Waals surface area contributed by atoms with Gasteiger partial charge in [0.15, 0.2) is 5.96 Å². The number of halogens is 5. The summed E-state index contributed by atoms with van der Waals surface area (Å²) in [6, 6.07) is 2.62. The highest BCUT2D eigenvalue weighted by atomic mass is 127. The second-order valence-corrected chi connectivity index (χ2v) is 6.53. The van der Waals surface area contributed by atoms with Crippen LogP contribution in [0.5, 0.6) is 0 Å². The summed E-state index contributed by atoms with van der Waals surface area (Å²) < 4.78 is 54.3. The molecule has 0 aliphatic rings. The largest absolute Gasteiger partial charge is 0.416 e. The van der Waals surface area contributed by atoms with Gasteiger partial charge in [-0.3, -0.25) is 9.67 Å². The van der Waals surface area contributed by atoms with E-state index in [9.17, 15) is 17.6 Å². The summed E-state index contributed by atoms with van der Waals surface area (Å²) in [5, 5.41) is 10.1. The van der Waals surface area contributed by atoms with E-state index in [1.807, 2.05) is 32.2 Å². The average Bonchev–Trinajstić information content (AvgIpc) is 3.03. The minimum Gasteiger partial charge on any atom is -0.354 e. The highest BCUT2D eigenvalue weighted by Gasteiger charge is 2.33. The molecule has 0 amide bonds. The van der Waals surface area contributed by atoms with Crippen molar-refractivity contribution in [1.29, 1.82) is 0 Å². The van der Waals surface area contributed by atoms with E-state index < -0.39 is 17.6 Å². The Hall–Kier alpha value is -1.89. The highest BCUT2D eigenvalue weighted by Crippen LogP contribution is 2.32. The van der Waals surface area contributed by atoms with Crippen molar-refractivity contribution in [3.63, 3.8) is 0 Å². The fourth-order valence-corrected chi connectivity index (χ4v) is 2.77. The van der Waals surface area contributed by atoms with E-state index in [0.717, 1.165) is 17.7 Å². The van der Waals surface area contributed by atoms with Crippen LogP contribution in [0.1, 0.15) is 22.7 Å². The van der Waals surface area contributed by atoms with Gasteiger partial charge in [-0.1, -0.05) is 6.07 Å². The molecule has 0 saturated carbocycles. The van der Waals surface area contributed by atoms with Crippen LogP contribution in [0.25, 0.3) is 0 Å². The highest BCUT2D eigenvalue weighted by molar-refractivity contribution is 14.0.